The van der Waals surface area contributed by atoms with Crippen molar-refractivity contribution in [1.82, 2.24) is 9.97 Å². The molecule has 3 aromatic rings. The molecule has 6 nitrogen and oxygen atoms in total. The monoisotopic (exact) mass is 526 g/mol. The minimum absolute atomic E-state index is 0.117. The maximum Gasteiger partial charge on any atom is 0.162 e. The number of methoxy groups -OCH3 is 1. The van der Waals surface area contributed by atoms with Crippen LogP contribution < -0.4 is 9.80 Å². The van der Waals surface area contributed by atoms with E-state index in [1.54, 1.807) is 0 Å². The maximum absolute atomic E-state index is 5.74. The van der Waals surface area contributed by atoms with Crippen LogP contribution in [0.25, 0.3) is 11.4 Å². The lowest BCUT2D eigenvalue weighted by molar-refractivity contribution is -0.0499. The number of hydrogen-bond donors (Lipinski definition) is 0. The lowest BCUT2D eigenvalue weighted by Gasteiger charge is -2.41. The van der Waals surface area contributed by atoms with Gasteiger partial charge in [-0.15, -0.1) is 0 Å². The lowest BCUT2D eigenvalue weighted by Crippen LogP contribution is -2.45. The number of rotatable bonds is 5. The Balaban J connectivity index is 1.42. The number of nitrogens with zero attached hydrogens (tertiary/aromatic N) is 4. The van der Waals surface area contributed by atoms with Gasteiger partial charge >= 0.3 is 0 Å². The molecule has 0 spiro atoms. The molecule has 4 heterocycles. The van der Waals surface area contributed by atoms with Crippen LogP contribution in [0, 0.1) is 20.8 Å². The Morgan fingerprint density at radius 1 is 1.00 bits per heavy atom. The molecule has 0 bridgehead atoms. The van der Waals surface area contributed by atoms with E-state index in [-0.39, 0.29) is 5.41 Å². The SMILES string of the molecule is CO[C@@H]1CCN(c2nc(-c3cc(C)ccc3C)nc3c2CN(c2cc(C4(C)COC4)ccc2C)CC3)[C@H](C)C1. The smallest absolute Gasteiger partial charge is 0.162 e. The fourth-order valence-corrected chi connectivity index (χ4v) is 6.50. The van der Waals surface area contributed by atoms with Gasteiger partial charge in [0.05, 0.1) is 25.0 Å². The van der Waals surface area contributed by atoms with Gasteiger partial charge in [-0.05, 0) is 69.4 Å². The zero-order chi connectivity index (χ0) is 27.3. The second kappa shape index (κ2) is 10.2. The Labute approximate surface area is 233 Å². The summed E-state index contributed by atoms with van der Waals surface area (Å²) in [5.41, 5.74) is 10.2. The lowest BCUT2D eigenvalue weighted by atomic mass is 9.80. The van der Waals surface area contributed by atoms with Crippen LogP contribution >= 0.6 is 0 Å². The summed E-state index contributed by atoms with van der Waals surface area (Å²) >= 11 is 0. The van der Waals surface area contributed by atoms with Crippen molar-refractivity contribution in [3.8, 4) is 11.4 Å². The van der Waals surface area contributed by atoms with Crippen LogP contribution in [0.4, 0.5) is 11.5 Å². The Kier molecular flexibility index (Phi) is 6.88. The van der Waals surface area contributed by atoms with E-state index in [4.69, 9.17) is 19.4 Å². The first-order valence-corrected chi connectivity index (χ1v) is 14.5. The fourth-order valence-electron chi connectivity index (χ4n) is 6.50. The number of ether oxygens (including phenoxy) is 2. The molecule has 0 radical (unpaired) electrons. The van der Waals surface area contributed by atoms with Crippen LogP contribution in [0.1, 0.15) is 60.2 Å². The standard InChI is InChI=1S/C33H42N4O2/c1-21-7-8-22(2)27(15-21)31-34-29-12-13-36(30-17-25(10-9-23(30)3)33(5)19-39-20-33)18-28(29)32(35-31)37-14-11-26(38-6)16-24(37)4/h7-10,15,17,24,26H,11-14,16,18-20H2,1-6H3/t24-,26-/m1/s1. The molecule has 3 aliphatic heterocycles. The zero-order valence-corrected chi connectivity index (χ0v) is 24.4. The Morgan fingerprint density at radius 3 is 2.51 bits per heavy atom. The summed E-state index contributed by atoms with van der Waals surface area (Å²) in [5.74, 6) is 1.96. The zero-order valence-electron chi connectivity index (χ0n) is 24.4. The van der Waals surface area contributed by atoms with Crippen molar-refractivity contribution >= 4 is 11.5 Å². The third kappa shape index (κ3) is 4.82. The number of hydrogen-bond acceptors (Lipinski definition) is 6. The molecule has 2 fully saturated rings. The second-order valence-electron chi connectivity index (χ2n) is 12.3. The van der Waals surface area contributed by atoms with Crippen molar-refractivity contribution < 1.29 is 9.47 Å². The van der Waals surface area contributed by atoms with Crippen molar-refractivity contribution in [1.29, 1.82) is 0 Å². The average Bonchev–Trinajstić information content (AvgIpc) is 2.92. The molecule has 2 saturated heterocycles. The third-order valence-electron chi connectivity index (χ3n) is 9.19. The minimum atomic E-state index is 0.117. The normalized spacial score (nSPS) is 22.4. The molecule has 2 aromatic carbocycles. The summed E-state index contributed by atoms with van der Waals surface area (Å²) in [4.78, 5) is 15.6. The molecule has 0 saturated carbocycles. The van der Waals surface area contributed by atoms with Crippen molar-refractivity contribution in [3.63, 3.8) is 0 Å². The number of aryl methyl sites for hydroxylation is 3. The molecule has 2 atom stereocenters. The van der Waals surface area contributed by atoms with Crippen LogP contribution in [0.15, 0.2) is 36.4 Å². The van der Waals surface area contributed by atoms with Gasteiger partial charge in [0.25, 0.3) is 0 Å². The first kappa shape index (κ1) is 26.3. The van der Waals surface area contributed by atoms with Gasteiger partial charge < -0.3 is 19.3 Å². The van der Waals surface area contributed by atoms with Crippen LogP contribution in [0.3, 0.4) is 0 Å². The van der Waals surface area contributed by atoms with E-state index in [0.29, 0.717) is 12.1 Å². The van der Waals surface area contributed by atoms with E-state index in [1.165, 1.54) is 39.2 Å². The molecule has 39 heavy (non-hydrogen) atoms. The number of anilines is 2. The molecule has 6 heteroatoms. The van der Waals surface area contributed by atoms with Crippen LogP contribution in [0.5, 0.6) is 0 Å². The van der Waals surface area contributed by atoms with Crippen molar-refractivity contribution in [2.24, 2.45) is 0 Å². The molecule has 0 aliphatic carbocycles. The van der Waals surface area contributed by atoms with Crippen LogP contribution in [-0.2, 0) is 27.9 Å². The summed E-state index contributed by atoms with van der Waals surface area (Å²) < 4.78 is 11.3. The highest BCUT2D eigenvalue weighted by Gasteiger charge is 2.36. The highest BCUT2D eigenvalue weighted by molar-refractivity contribution is 5.67. The van der Waals surface area contributed by atoms with E-state index in [2.05, 4.69) is 80.8 Å². The summed E-state index contributed by atoms with van der Waals surface area (Å²) in [6.45, 7) is 15.5. The Morgan fingerprint density at radius 2 is 1.79 bits per heavy atom. The van der Waals surface area contributed by atoms with Gasteiger partial charge in [0.1, 0.15) is 5.82 Å². The highest BCUT2D eigenvalue weighted by Crippen LogP contribution is 2.39. The van der Waals surface area contributed by atoms with E-state index < -0.39 is 0 Å². The molecule has 1 aromatic heterocycles. The van der Waals surface area contributed by atoms with Crippen molar-refractivity contribution in [3.05, 3.63) is 69.9 Å². The number of piperidine rings is 1. The second-order valence-corrected chi connectivity index (χ2v) is 12.3. The van der Waals surface area contributed by atoms with Crippen molar-refractivity contribution in [2.45, 2.75) is 78.0 Å². The molecule has 3 aliphatic rings. The molecular weight excluding hydrogens is 484 g/mol. The molecule has 0 unspecified atom stereocenters. The summed E-state index contributed by atoms with van der Waals surface area (Å²) in [6, 6.07) is 13.9. The molecule has 206 valence electrons. The van der Waals surface area contributed by atoms with Gasteiger partial charge in [0, 0.05) is 61.4 Å². The van der Waals surface area contributed by atoms with Gasteiger partial charge in [-0.2, -0.15) is 0 Å². The van der Waals surface area contributed by atoms with Gasteiger partial charge in [0.15, 0.2) is 5.82 Å². The molecule has 6 rings (SSSR count). The first-order chi connectivity index (χ1) is 18.8. The van der Waals surface area contributed by atoms with E-state index >= 15 is 0 Å². The summed E-state index contributed by atoms with van der Waals surface area (Å²) in [7, 11) is 1.84. The molecule has 0 N–H and O–H groups in total. The summed E-state index contributed by atoms with van der Waals surface area (Å²) in [5, 5.41) is 0. The predicted octanol–water partition coefficient (Wildman–Crippen LogP) is 5.92. The number of aromatic nitrogens is 2. The number of benzene rings is 2. The minimum Gasteiger partial charge on any atom is -0.381 e. The topological polar surface area (TPSA) is 50.7 Å². The average molecular weight is 527 g/mol. The Hall–Kier alpha value is -2.96. The summed E-state index contributed by atoms with van der Waals surface area (Å²) in [6.07, 6.45) is 3.25. The van der Waals surface area contributed by atoms with Gasteiger partial charge in [0.2, 0.25) is 0 Å². The van der Waals surface area contributed by atoms with Crippen molar-refractivity contribution in [2.75, 3.05) is 43.2 Å². The molecular formula is C33H42N4O2. The largest absolute Gasteiger partial charge is 0.381 e. The van der Waals surface area contributed by atoms with Crippen LogP contribution in [-0.4, -0.2) is 55.5 Å². The first-order valence-electron chi connectivity index (χ1n) is 14.5. The van der Waals surface area contributed by atoms with Gasteiger partial charge in [-0.1, -0.05) is 36.8 Å². The predicted molar refractivity (Wildman–Crippen MR) is 158 cm³/mol. The molecule has 0 amide bonds. The third-order valence-corrected chi connectivity index (χ3v) is 9.19. The highest BCUT2D eigenvalue weighted by atomic mass is 16.5. The van der Waals surface area contributed by atoms with Crippen LogP contribution in [0.2, 0.25) is 0 Å². The quantitative estimate of drug-likeness (QED) is 0.411. The van der Waals surface area contributed by atoms with Gasteiger partial charge in [-0.3, -0.25) is 0 Å². The fraction of sp³-hybridized carbons (Fsp3) is 0.515. The maximum atomic E-state index is 5.74. The van der Waals surface area contributed by atoms with Gasteiger partial charge in [-0.25, -0.2) is 9.97 Å². The van der Waals surface area contributed by atoms with E-state index in [1.807, 2.05) is 7.11 Å². The number of fused-ring (bicyclic) bond motifs is 1. The van der Waals surface area contributed by atoms with E-state index in [9.17, 15) is 0 Å². The van der Waals surface area contributed by atoms with E-state index in [0.717, 1.165) is 69.3 Å². The Bertz CT molecular complexity index is 1380.